The second kappa shape index (κ2) is 7.41. The van der Waals surface area contributed by atoms with E-state index in [4.69, 9.17) is 4.74 Å². The topological polar surface area (TPSA) is 121 Å². The number of nitro benzene ring substituents is 1. The first-order chi connectivity index (χ1) is 13.0. The van der Waals surface area contributed by atoms with Crippen LogP contribution in [0.1, 0.15) is 5.56 Å². The SMILES string of the molecule is COc1ccc(NC(=O)C(C#N)=Cc2c[nH]c3ccccc23)c([N+](=O)[O-])c1. The van der Waals surface area contributed by atoms with Crippen molar-refractivity contribution in [1.82, 2.24) is 4.98 Å². The van der Waals surface area contributed by atoms with Crippen molar-refractivity contribution in [1.29, 1.82) is 5.26 Å². The molecule has 2 N–H and O–H groups in total. The summed E-state index contributed by atoms with van der Waals surface area (Å²) in [5.74, 6) is -0.453. The summed E-state index contributed by atoms with van der Waals surface area (Å²) >= 11 is 0. The van der Waals surface area contributed by atoms with Crippen LogP contribution in [0, 0.1) is 21.4 Å². The number of aromatic amines is 1. The van der Waals surface area contributed by atoms with Crippen molar-refractivity contribution in [2.45, 2.75) is 0 Å². The first kappa shape index (κ1) is 17.7. The fourth-order valence-corrected chi connectivity index (χ4v) is 2.60. The van der Waals surface area contributed by atoms with E-state index >= 15 is 0 Å². The zero-order valence-corrected chi connectivity index (χ0v) is 14.2. The highest BCUT2D eigenvalue weighted by Gasteiger charge is 2.19. The summed E-state index contributed by atoms with van der Waals surface area (Å²) in [7, 11) is 1.38. The molecule has 0 fully saturated rings. The van der Waals surface area contributed by atoms with Gasteiger partial charge in [-0.25, -0.2) is 0 Å². The molecule has 0 unspecified atom stereocenters. The normalized spacial score (nSPS) is 11.0. The Labute approximate surface area is 153 Å². The summed E-state index contributed by atoms with van der Waals surface area (Å²) in [6.45, 7) is 0. The van der Waals surface area contributed by atoms with E-state index in [-0.39, 0.29) is 22.7 Å². The molecule has 1 aromatic heterocycles. The molecule has 1 amide bonds. The van der Waals surface area contributed by atoms with E-state index in [0.29, 0.717) is 5.56 Å². The number of nitriles is 1. The predicted octanol–water partition coefficient (Wildman–Crippen LogP) is 3.63. The smallest absolute Gasteiger partial charge is 0.296 e. The number of methoxy groups -OCH3 is 1. The molecular weight excluding hydrogens is 348 g/mol. The number of benzene rings is 2. The zero-order chi connectivity index (χ0) is 19.4. The van der Waals surface area contributed by atoms with Crippen molar-refractivity contribution in [2.75, 3.05) is 12.4 Å². The number of hydrogen-bond donors (Lipinski definition) is 2. The number of carbonyl (C=O) groups excluding carboxylic acids is 1. The van der Waals surface area contributed by atoms with Crippen LogP contribution in [0.2, 0.25) is 0 Å². The average Bonchev–Trinajstić information content (AvgIpc) is 3.09. The number of ether oxygens (including phenoxy) is 1. The van der Waals surface area contributed by atoms with Gasteiger partial charge >= 0.3 is 0 Å². The largest absolute Gasteiger partial charge is 0.496 e. The molecule has 8 nitrogen and oxygen atoms in total. The third kappa shape index (κ3) is 3.62. The van der Waals surface area contributed by atoms with E-state index in [2.05, 4.69) is 10.3 Å². The molecule has 134 valence electrons. The van der Waals surface area contributed by atoms with Gasteiger partial charge in [0, 0.05) is 22.7 Å². The summed E-state index contributed by atoms with van der Waals surface area (Å²) < 4.78 is 4.96. The molecule has 0 aliphatic heterocycles. The number of amides is 1. The Bertz CT molecular complexity index is 1110. The van der Waals surface area contributed by atoms with Gasteiger partial charge < -0.3 is 15.0 Å². The molecule has 3 aromatic rings. The van der Waals surface area contributed by atoms with E-state index < -0.39 is 10.8 Å². The number of carbonyl (C=O) groups is 1. The standard InChI is InChI=1S/C19H14N4O4/c1-27-14-6-7-17(18(9-14)23(25)26)22-19(24)12(10-20)8-13-11-21-16-5-3-2-4-15(13)16/h2-9,11,21H,1H3,(H,22,24). The minimum atomic E-state index is -0.740. The fourth-order valence-electron chi connectivity index (χ4n) is 2.60. The Morgan fingerprint density at radius 2 is 2.11 bits per heavy atom. The summed E-state index contributed by atoms with van der Waals surface area (Å²) in [6, 6.07) is 13.3. The number of nitrogens with one attached hydrogen (secondary N) is 2. The van der Waals surface area contributed by atoms with Crippen molar-refractivity contribution in [3.05, 3.63) is 69.9 Å². The monoisotopic (exact) mass is 362 g/mol. The van der Waals surface area contributed by atoms with Crippen molar-refractivity contribution < 1.29 is 14.5 Å². The quantitative estimate of drug-likeness (QED) is 0.311. The van der Waals surface area contributed by atoms with E-state index in [1.807, 2.05) is 30.3 Å². The minimum Gasteiger partial charge on any atom is -0.496 e. The van der Waals surface area contributed by atoms with Gasteiger partial charge in [-0.15, -0.1) is 0 Å². The van der Waals surface area contributed by atoms with Crippen LogP contribution in [0.5, 0.6) is 5.75 Å². The van der Waals surface area contributed by atoms with Gasteiger partial charge in [-0.2, -0.15) is 5.26 Å². The van der Waals surface area contributed by atoms with E-state index in [0.717, 1.165) is 10.9 Å². The van der Waals surface area contributed by atoms with Gasteiger partial charge in [0.15, 0.2) is 0 Å². The van der Waals surface area contributed by atoms with Crippen LogP contribution >= 0.6 is 0 Å². The van der Waals surface area contributed by atoms with Crippen LogP contribution < -0.4 is 10.1 Å². The second-order valence-corrected chi connectivity index (χ2v) is 5.55. The third-order valence-corrected chi connectivity index (χ3v) is 3.94. The van der Waals surface area contributed by atoms with Crippen LogP contribution in [0.4, 0.5) is 11.4 Å². The number of nitro groups is 1. The van der Waals surface area contributed by atoms with Crippen molar-refractivity contribution in [2.24, 2.45) is 0 Å². The molecule has 1 heterocycles. The number of hydrogen-bond acceptors (Lipinski definition) is 5. The molecule has 0 aliphatic carbocycles. The lowest BCUT2D eigenvalue weighted by atomic mass is 10.1. The minimum absolute atomic E-state index is 0.0223. The van der Waals surface area contributed by atoms with Crippen molar-refractivity contribution >= 4 is 34.3 Å². The van der Waals surface area contributed by atoms with Gasteiger partial charge in [-0.1, -0.05) is 18.2 Å². The molecular formula is C19H14N4O4. The number of fused-ring (bicyclic) bond motifs is 1. The maximum absolute atomic E-state index is 12.5. The number of aromatic nitrogens is 1. The van der Waals surface area contributed by atoms with E-state index in [9.17, 15) is 20.2 Å². The summed E-state index contributed by atoms with van der Waals surface area (Å²) in [5.41, 5.74) is 1.01. The molecule has 0 saturated carbocycles. The Hall–Kier alpha value is -4.12. The molecule has 27 heavy (non-hydrogen) atoms. The Morgan fingerprint density at radius 1 is 1.33 bits per heavy atom. The number of H-pyrrole nitrogens is 1. The van der Waals surface area contributed by atoms with E-state index in [1.54, 1.807) is 6.20 Å². The zero-order valence-electron chi connectivity index (χ0n) is 14.2. The van der Waals surface area contributed by atoms with Gasteiger partial charge in [0.25, 0.3) is 11.6 Å². The second-order valence-electron chi connectivity index (χ2n) is 5.55. The third-order valence-electron chi connectivity index (χ3n) is 3.94. The highest BCUT2D eigenvalue weighted by Crippen LogP contribution is 2.29. The molecule has 3 rings (SSSR count). The number of rotatable bonds is 5. The summed E-state index contributed by atoms with van der Waals surface area (Å²) in [5, 5.41) is 23.9. The Balaban J connectivity index is 1.93. The lowest BCUT2D eigenvalue weighted by molar-refractivity contribution is -0.384. The molecule has 0 spiro atoms. The number of para-hydroxylation sites is 1. The highest BCUT2D eigenvalue weighted by molar-refractivity contribution is 6.11. The summed E-state index contributed by atoms with van der Waals surface area (Å²) in [6.07, 6.45) is 3.12. The van der Waals surface area contributed by atoms with Gasteiger partial charge in [0.05, 0.1) is 18.1 Å². The first-order valence-electron chi connectivity index (χ1n) is 7.85. The summed E-state index contributed by atoms with van der Waals surface area (Å²) in [4.78, 5) is 26.1. The highest BCUT2D eigenvalue weighted by atomic mass is 16.6. The molecule has 0 aliphatic rings. The van der Waals surface area contributed by atoms with Crippen LogP contribution in [0.15, 0.2) is 54.2 Å². The fraction of sp³-hybridized carbons (Fsp3) is 0.0526. The molecule has 0 saturated heterocycles. The van der Waals surface area contributed by atoms with Crippen molar-refractivity contribution in [3.8, 4) is 11.8 Å². The molecule has 2 aromatic carbocycles. The lowest BCUT2D eigenvalue weighted by Crippen LogP contribution is -2.14. The van der Waals surface area contributed by atoms with Gasteiger partial charge in [-0.05, 0) is 24.3 Å². The van der Waals surface area contributed by atoms with Crippen LogP contribution in [-0.4, -0.2) is 22.9 Å². The van der Waals surface area contributed by atoms with Gasteiger partial charge in [-0.3, -0.25) is 14.9 Å². The lowest BCUT2D eigenvalue weighted by Gasteiger charge is -2.07. The Morgan fingerprint density at radius 3 is 2.81 bits per heavy atom. The Kier molecular flexibility index (Phi) is 4.86. The first-order valence-corrected chi connectivity index (χ1v) is 7.85. The number of anilines is 1. The van der Waals surface area contributed by atoms with E-state index in [1.165, 1.54) is 31.4 Å². The van der Waals surface area contributed by atoms with Crippen LogP contribution in [-0.2, 0) is 4.79 Å². The van der Waals surface area contributed by atoms with Crippen LogP contribution in [0.25, 0.3) is 17.0 Å². The van der Waals surface area contributed by atoms with Gasteiger partial charge in [0.1, 0.15) is 23.1 Å². The van der Waals surface area contributed by atoms with Crippen LogP contribution in [0.3, 0.4) is 0 Å². The average molecular weight is 362 g/mol. The predicted molar refractivity (Wildman–Crippen MR) is 100 cm³/mol. The molecule has 8 heteroatoms. The number of nitrogens with zero attached hydrogens (tertiary/aromatic N) is 2. The van der Waals surface area contributed by atoms with Gasteiger partial charge in [0.2, 0.25) is 0 Å². The molecule has 0 radical (unpaired) electrons. The molecule has 0 atom stereocenters. The molecule has 0 bridgehead atoms. The van der Waals surface area contributed by atoms with Crippen molar-refractivity contribution in [3.63, 3.8) is 0 Å². The maximum atomic E-state index is 12.5. The maximum Gasteiger partial charge on any atom is 0.296 e.